The van der Waals surface area contributed by atoms with Gasteiger partial charge in [0.1, 0.15) is 12.1 Å². The van der Waals surface area contributed by atoms with Gasteiger partial charge in [0.15, 0.2) is 0 Å². The molecule has 3 fully saturated rings. The van der Waals surface area contributed by atoms with E-state index in [0.717, 1.165) is 62.9 Å². The molecule has 2 aromatic carbocycles. The number of aryl methyl sites for hydroxylation is 1. The van der Waals surface area contributed by atoms with Crippen molar-refractivity contribution in [3.63, 3.8) is 0 Å². The van der Waals surface area contributed by atoms with Gasteiger partial charge in [0.2, 0.25) is 17.7 Å². The fourth-order valence-corrected chi connectivity index (χ4v) is 9.75. The van der Waals surface area contributed by atoms with Crippen LogP contribution in [0.25, 0.3) is 33.3 Å². The van der Waals surface area contributed by atoms with Gasteiger partial charge in [0.05, 0.1) is 36.1 Å². The molecule has 15 heteroatoms. The topological polar surface area (TPSA) is 165 Å². The van der Waals surface area contributed by atoms with Crippen LogP contribution in [0.5, 0.6) is 0 Å². The zero-order chi connectivity index (χ0) is 48.0. The zero-order valence-corrected chi connectivity index (χ0v) is 40.1. The number of ether oxygens (including phenoxy) is 3. The Morgan fingerprint density at radius 1 is 1.06 bits per heavy atom. The van der Waals surface area contributed by atoms with Crippen molar-refractivity contribution >= 4 is 40.5 Å². The number of carbonyl (C=O) groups is 5. The molecule has 0 radical (unpaired) electrons. The van der Waals surface area contributed by atoms with E-state index in [1.54, 1.807) is 30.3 Å². The van der Waals surface area contributed by atoms with Crippen LogP contribution in [0.1, 0.15) is 83.2 Å². The summed E-state index contributed by atoms with van der Waals surface area (Å²) in [5.41, 5.74) is 10.6. The molecule has 67 heavy (non-hydrogen) atoms. The van der Waals surface area contributed by atoms with Gasteiger partial charge in [0, 0.05) is 94.9 Å². The largest absolute Gasteiger partial charge is 0.465 e. The summed E-state index contributed by atoms with van der Waals surface area (Å²) in [6, 6.07) is 16.6. The Labute approximate surface area is 394 Å². The summed E-state index contributed by atoms with van der Waals surface area (Å²) in [4.78, 5) is 75.0. The molecule has 7 rings (SSSR count). The van der Waals surface area contributed by atoms with Crippen LogP contribution in [0.4, 0.5) is 0 Å². The Kier molecular flexibility index (Phi) is 15.6. The molecule has 2 aromatic heterocycles. The van der Waals surface area contributed by atoms with E-state index in [9.17, 15) is 24.0 Å². The number of hydrogen-bond acceptors (Lipinski definition) is 10. The minimum absolute atomic E-state index is 0.198. The summed E-state index contributed by atoms with van der Waals surface area (Å²) >= 11 is 0. The first-order valence-corrected chi connectivity index (χ1v) is 23.6. The monoisotopic (exact) mass is 918 g/mol. The van der Waals surface area contributed by atoms with E-state index in [0.29, 0.717) is 52.0 Å². The zero-order valence-electron chi connectivity index (χ0n) is 40.1. The van der Waals surface area contributed by atoms with Gasteiger partial charge in [-0.3, -0.25) is 34.0 Å². The Morgan fingerprint density at radius 2 is 1.84 bits per heavy atom. The molecule has 358 valence electrons. The quantitative estimate of drug-likeness (QED) is 0.0890. The summed E-state index contributed by atoms with van der Waals surface area (Å²) in [5, 5.41) is 5.74. The fourth-order valence-electron chi connectivity index (χ4n) is 9.75. The molecule has 3 saturated heterocycles. The van der Waals surface area contributed by atoms with E-state index < -0.39 is 35.4 Å². The van der Waals surface area contributed by atoms with Crippen LogP contribution in [0, 0.1) is 11.3 Å². The van der Waals surface area contributed by atoms with Crippen LogP contribution in [0.3, 0.4) is 0 Å². The average molecular weight is 918 g/mol. The summed E-state index contributed by atoms with van der Waals surface area (Å²) in [6.07, 6.45) is 5.88. The smallest absolute Gasteiger partial charge is 0.302 e. The van der Waals surface area contributed by atoms with Gasteiger partial charge in [-0.1, -0.05) is 50.8 Å². The molecule has 5 heterocycles. The lowest BCUT2D eigenvalue weighted by atomic mass is 9.84. The van der Waals surface area contributed by atoms with Gasteiger partial charge in [-0.2, -0.15) is 0 Å². The second-order valence-corrected chi connectivity index (χ2v) is 18.9. The normalized spacial score (nSPS) is 18.7. The van der Waals surface area contributed by atoms with Gasteiger partial charge in [-0.15, -0.1) is 0 Å². The molecule has 0 bridgehead atoms. The number of rotatable bonds is 18. The minimum atomic E-state index is -0.970. The van der Waals surface area contributed by atoms with Crippen molar-refractivity contribution in [2.24, 2.45) is 11.3 Å². The number of esters is 1. The molecule has 4 aromatic rings. The minimum Gasteiger partial charge on any atom is -0.465 e. The fraction of sp³-hybridized carbons (Fsp3) is 0.500. The molecule has 0 saturated carbocycles. The molecular weight excluding hydrogens is 851 g/mol. The van der Waals surface area contributed by atoms with Crippen LogP contribution in [0.2, 0.25) is 0 Å². The number of benzene rings is 2. The van der Waals surface area contributed by atoms with Gasteiger partial charge >= 0.3 is 5.97 Å². The van der Waals surface area contributed by atoms with Crippen LogP contribution >= 0.6 is 0 Å². The van der Waals surface area contributed by atoms with Crippen molar-refractivity contribution < 1.29 is 38.2 Å². The van der Waals surface area contributed by atoms with Crippen molar-refractivity contribution in [2.45, 2.75) is 104 Å². The maximum Gasteiger partial charge on any atom is 0.302 e. The lowest BCUT2D eigenvalue weighted by molar-refractivity contribution is -0.157. The molecule has 15 nitrogen and oxygen atoms in total. The number of hydrogen-bond donors (Lipinski definition) is 2. The number of fused-ring (bicyclic) bond motifs is 1. The lowest BCUT2D eigenvalue weighted by Crippen LogP contribution is -2.62. The Morgan fingerprint density at radius 3 is 2.51 bits per heavy atom. The average Bonchev–Trinajstić information content (AvgIpc) is 3.94. The maximum atomic E-state index is 14.5. The molecule has 5 atom stereocenters. The Bertz CT molecular complexity index is 2470. The molecule has 2 N–H and O–H groups in total. The van der Waals surface area contributed by atoms with E-state index in [4.69, 9.17) is 19.2 Å². The molecule has 0 unspecified atom stereocenters. The highest BCUT2D eigenvalue weighted by molar-refractivity contribution is 5.96. The number of amides is 4. The van der Waals surface area contributed by atoms with Gasteiger partial charge in [0.25, 0.3) is 5.91 Å². The first-order chi connectivity index (χ1) is 32.1. The van der Waals surface area contributed by atoms with Crippen molar-refractivity contribution in [3.05, 3.63) is 90.3 Å². The summed E-state index contributed by atoms with van der Waals surface area (Å²) in [5.74, 6) is -2.00. The van der Waals surface area contributed by atoms with Crippen LogP contribution in [-0.4, -0.2) is 126 Å². The molecule has 4 amide bonds. The molecule has 0 aliphatic carbocycles. The van der Waals surface area contributed by atoms with Crippen molar-refractivity contribution in [1.29, 1.82) is 0 Å². The maximum absolute atomic E-state index is 14.5. The number of aromatic nitrogens is 2. The van der Waals surface area contributed by atoms with E-state index in [2.05, 4.69) is 73.0 Å². The number of pyridine rings is 1. The predicted molar refractivity (Wildman–Crippen MR) is 256 cm³/mol. The summed E-state index contributed by atoms with van der Waals surface area (Å²) < 4.78 is 19.6. The van der Waals surface area contributed by atoms with Crippen molar-refractivity contribution in [3.8, 4) is 22.4 Å². The Balaban J connectivity index is 1.23. The summed E-state index contributed by atoms with van der Waals surface area (Å²) in [6.45, 7) is 16.6. The highest BCUT2D eigenvalue weighted by atomic mass is 16.5. The third-order valence-corrected chi connectivity index (χ3v) is 13.5. The first kappa shape index (κ1) is 49.0. The van der Waals surface area contributed by atoms with Crippen molar-refractivity contribution in [1.82, 2.24) is 35.1 Å². The van der Waals surface area contributed by atoms with E-state index >= 15 is 0 Å². The number of hydrazine groups is 1. The second kappa shape index (κ2) is 21.4. The van der Waals surface area contributed by atoms with Gasteiger partial charge < -0.3 is 33.9 Å². The molecule has 3 aliphatic rings. The van der Waals surface area contributed by atoms with E-state index in [1.165, 1.54) is 17.9 Å². The third-order valence-electron chi connectivity index (χ3n) is 13.5. The predicted octanol–water partition coefficient (Wildman–Crippen LogP) is 6.03. The second-order valence-electron chi connectivity index (χ2n) is 18.9. The number of likely N-dealkylation sites (N-methyl/N-ethyl adjacent to an activating group) is 1. The standard InChI is InChI=1S/C52H67N7O8/c1-9-45(61)57-25-20-38(31-57)50(63)56(7)48(44-21-26-66-44)49(62)55-42(51(64)59-24-12-11-23-54-59)28-35-15-13-16-36(27-35)37-18-19-43-40(29-37)41(30-52(5,6)32-67-34(4)60)47(58(43)10-2)39-17-14-22-53-46(39)33(3)65-8/h9,13-19,22,27,29,33,38,42,44,48,54H,1,10-12,20-21,23-26,28,30-32H2,2-8H3,(H,55,62)/t33-,38-,42-,44+,48-/m0/s1. The van der Waals surface area contributed by atoms with Gasteiger partial charge in [-0.25, -0.2) is 5.43 Å². The molecule has 3 aliphatic heterocycles. The lowest BCUT2D eigenvalue weighted by Gasteiger charge is -2.40. The van der Waals surface area contributed by atoms with Crippen LogP contribution in [0.15, 0.2) is 73.4 Å². The van der Waals surface area contributed by atoms with Crippen molar-refractivity contribution in [2.75, 3.05) is 53.6 Å². The number of nitrogens with zero attached hydrogens (tertiary/aromatic N) is 5. The molecular formula is C52H67N7O8. The third kappa shape index (κ3) is 11.0. The highest BCUT2D eigenvalue weighted by Gasteiger charge is 2.43. The number of methoxy groups -OCH3 is 1. The summed E-state index contributed by atoms with van der Waals surface area (Å²) in [7, 11) is 3.29. The number of carbonyl (C=O) groups excluding carboxylic acids is 5. The highest BCUT2D eigenvalue weighted by Crippen LogP contribution is 2.42. The van der Waals surface area contributed by atoms with E-state index in [-0.39, 0.29) is 49.4 Å². The Hall–Kier alpha value is -5.90. The molecule has 0 spiro atoms. The van der Waals surface area contributed by atoms with E-state index in [1.807, 2.05) is 31.2 Å². The van der Waals surface area contributed by atoms with Crippen LogP contribution < -0.4 is 10.7 Å². The number of nitrogens with one attached hydrogen (secondary N) is 2. The van der Waals surface area contributed by atoms with Crippen LogP contribution in [-0.2, 0) is 57.6 Å². The first-order valence-electron chi connectivity index (χ1n) is 23.6. The van der Waals surface area contributed by atoms with Gasteiger partial charge in [-0.05, 0) is 98.5 Å². The SMILES string of the molecule is C=CC(=O)N1CC[C@H](C(=O)N(C)[C@H](C(=O)N[C@@H](Cc2cccc(-c3ccc4c(c3)c(CC(C)(C)COC(C)=O)c(-c3cccnc3[C@H](C)OC)n4CC)c2)C(=O)N2CCCCN2)[C@H]2CCO2)C1. The number of likely N-dealkylation sites (tertiary alicyclic amines) is 1.